The Kier molecular flexibility index (Phi) is 3.90. The van der Waals surface area contributed by atoms with Crippen molar-refractivity contribution < 1.29 is 9.53 Å². The van der Waals surface area contributed by atoms with Crippen molar-refractivity contribution in [1.82, 2.24) is 4.98 Å². The molecular formula is C16H16N2O2. The van der Waals surface area contributed by atoms with Crippen LogP contribution in [0.1, 0.15) is 28.7 Å². The minimum atomic E-state index is -0.338. The molecule has 1 aromatic carbocycles. The lowest BCUT2D eigenvalue weighted by molar-refractivity contribution is 0.0600. The molecule has 1 N–H and O–H groups in total. The number of hydrogen-bond donors (Lipinski definition) is 1. The maximum Gasteiger partial charge on any atom is 0.340 e. The first-order chi connectivity index (χ1) is 9.62. The molecule has 0 amide bonds. The maximum atomic E-state index is 12.0. The Hall–Kier alpha value is -2.54. The molecule has 102 valence electrons. The van der Waals surface area contributed by atoms with Crippen molar-refractivity contribution in [3.8, 4) is 11.1 Å². The van der Waals surface area contributed by atoms with Gasteiger partial charge in [0.15, 0.2) is 5.69 Å². The predicted octanol–water partition coefficient (Wildman–Crippen LogP) is 3.89. The highest BCUT2D eigenvalue weighted by atomic mass is 16.5. The van der Waals surface area contributed by atoms with Gasteiger partial charge in [-0.3, -0.25) is 0 Å². The lowest BCUT2D eigenvalue weighted by Crippen LogP contribution is -2.05. The van der Waals surface area contributed by atoms with Gasteiger partial charge in [-0.1, -0.05) is 31.2 Å². The van der Waals surface area contributed by atoms with Gasteiger partial charge in [0.05, 0.1) is 19.2 Å². The van der Waals surface area contributed by atoms with Gasteiger partial charge in [0, 0.05) is 17.0 Å². The minimum absolute atomic E-state index is 0.338. The number of hydrogen-bond acceptors (Lipinski definition) is 2. The van der Waals surface area contributed by atoms with Crippen LogP contribution in [-0.2, 0) is 11.2 Å². The molecule has 0 aliphatic rings. The molecule has 0 radical (unpaired) electrons. The van der Waals surface area contributed by atoms with Gasteiger partial charge in [-0.05, 0) is 18.9 Å². The van der Waals surface area contributed by atoms with Gasteiger partial charge in [-0.15, -0.1) is 0 Å². The number of rotatable bonds is 3. The molecule has 1 aromatic heterocycles. The third kappa shape index (κ3) is 2.30. The summed E-state index contributed by atoms with van der Waals surface area (Å²) in [4.78, 5) is 18.7. The second-order valence-electron chi connectivity index (χ2n) is 4.48. The average Bonchev–Trinajstić information content (AvgIpc) is 2.83. The molecule has 0 bridgehead atoms. The van der Waals surface area contributed by atoms with Crippen LogP contribution in [0.25, 0.3) is 16.0 Å². The number of carbonyl (C=O) groups is 1. The Bertz CT molecular complexity index is 676. The number of nitrogens with zero attached hydrogens (tertiary/aromatic N) is 1. The van der Waals surface area contributed by atoms with E-state index in [4.69, 9.17) is 11.3 Å². The summed E-state index contributed by atoms with van der Waals surface area (Å²) in [6.45, 7) is 10.9. The van der Waals surface area contributed by atoms with Crippen molar-refractivity contribution in [2.75, 3.05) is 7.11 Å². The van der Waals surface area contributed by atoms with E-state index in [-0.39, 0.29) is 5.97 Å². The molecular weight excluding hydrogens is 252 g/mol. The Labute approximate surface area is 118 Å². The molecule has 4 heteroatoms. The summed E-state index contributed by atoms with van der Waals surface area (Å²) in [5, 5.41) is 0. The molecule has 4 nitrogen and oxygen atoms in total. The standard InChI is InChI=1S/C16H16N2O2/c1-5-13-15(16(19)20-4)14(10(2)18-13)11-6-8-12(17-3)9-7-11/h6-9,18H,5H2,1-2,4H3. The fraction of sp³-hybridized carbons (Fsp3) is 0.250. The van der Waals surface area contributed by atoms with Crippen molar-refractivity contribution in [1.29, 1.82) is 0 Å². The second-order valence-corrected chi connectivity index (χ2v) is 4.48. The Morgan fingerprint density at radius 1 is 1.35 bits per heavy atom. The SMILES string of the molecule is [C-]#[N+]c1ccc(-c2c(C)[nH]c(CC)c2C(=O)OC)cc1. The number of aromatic amines is 1. The number of carbonyl (C=O) groups excluding carboxylic acids is 1. The summed E-state index contributed by atoms with van der Waals surface area (Å²) in [6.07, 6.45) is 0.728. The van der Waals surface area contributed by atoms with Crippen LogP contribution in [0.3, 0.4) is 0 Å². The van der Waals surface area contributed by atoms with E-state index in [9.17, 15) is 4.79 Å². The largest absolute Gasteiger partial charge is 0.465 e. The lowest BCUT2D eigenvalue weighted by Gasteiger charge is -2.06. The van der Waals surface area contributed by atoms with Crippen molar-refractivity contribution in [2.24, 2.45) is 0 Å². The van der Waals surface area contributed by atoms with E-state index in [2.05, 4.69) is 9.83 Å². The smallest absolute Gasteiger partial charge is 0.340 e. The highest BCUT2D eigenvalue weighted by molar-refractivity contribution is 5.99. The molecule has 2 rings (SSSR count). The van der Waals surface area contributed by atoms with E-state index in [0.29, 0.717) is 11.3 Å². The first-order valence-corrected chi connectivity index (χ1v) is 6.40. The van der Waals surface area contributed by atoms with Gasteiger partial charge in [0.25, 0.3) is 0 Å². The molecule has 0 aliphatic carbocycles. The zero-order chi connectivity index (χ0) is 14.7. The molecule has 0 saturated carbocycles. The van der Waals surface area contributed by atoms with Gasteiger partial charge >= 0.3 is 5.97 Å². The Balaban J connectivity index is 2.63. The van der Waals surface area contributed by atoms with Crippen LogP contribution >= 0.6 is 0 Å². The molecule has 0 atom stereocenters. The van der Waals surface area contributed by atoms with Crippen LogP contribution in [0.2, 0.25) is 0 Å². The minimum Gasteiger partial charge on any atom is -0.465 e. The normalized spacial score (nSPS) is 10.1. The summed E-state index contributed by atoms with van der Waals surface area (Å²) in [7, 11) is 1.38. The van der Waals surface area contributed by atoms with Crippen molar-refractivity contribution in [3.05, 3.63) is 52.6 Å². The Morgan fingerprint density at radius 3 is 2.50 bits per heavy atom. The van der Waals surface area contributed by atoms with Gasteiger partial charge in [-0.25, -0.2) is 9.64 Å². The first-order valence-electron chi connectivity index (χ1n) is 6.40. The summed E-state index contributed by atoms with van der Waals surface area (Å²) in [6, 6.07) is 7.22. The zero-order valence-electron chi connectivity index (χ0n) is 11.8. The summed E-state index contributed by atoms with van der Waals surface area (Å²) < 4.78 is 4.89. The van der Waals surface area contributed by atoms with Crippen LogP contribution in [-0.4, -0.2) is 18.1 Å². The number of esters is 1. The number of H-pyrrole nitrogens is 1. The van der Waals surface area contributed by atoms with E-state index in [1.807, 2.05) is 26.0 Å². The van der Waals surface area contributed by atoms with Crippen LogP contribution in [0.4, 0.5) is 5.69 Å². The fourth-order valence-electron chi connectivity index (χ4n) is 2.35. The highest BCUT2D eigenvalue weighted by Gasteiger charge is 2.22. The van der Waals surface area contributed by atoms with E-state index in [0.717, 1.165) is 28.9 Å². The number of aromatic nitrogens is 1. The van der Waals surface area contributed by atoms with Crippen molar-refractivity contribution in [3.63, 3.8) is 0 Å². The second kappa shape index (κ2) is 5.62. The van der Waals surface area contributed by atoms with Gasteiger partial charge < -0.3 is 9.72 Å². The van der Waals surface area contributed by atoms with Gasteiger partial charge in [-0.2, -0.15) is 0 Å². The number of ether oxygens (including phenoxy) is 1. The lowest BCUT2D eigenvalue weighted by atomic mass is 9.99. The van der Waals surface area contributed by atoms with Crippen molar-refractivity contribution in [2.45, 2.75) is 20.3 Å². The maximum absolute atomic E-state index is 12.0. The monoisotopic (exact) mass is 268 g/mol. The summed E-state index contributed by atoms with van der Waals surface area (Å²) in [5.41, 5.74) is 4.73. The molecule has 2 aromatic rings. The molecule has 0 saturated heterocycles. The highest BCUT2D eigenvalue weighted by Crippen LogP contribution is 2.32. The van der Waals surface area contributed by atoms with Gasteiger partial charge in [0.1, 0.15) is 0 Å². The summed E-state index contributed by atoms with van der Waals surface area (Å²) >= 11 is 0. The van der Waals surface area contributed by atoms with E-state index in [1.165, 1.54) is 7.11 Å². The fourth-order valence-corrected chi connectivity index (χ4v) is 2.35. The predicted molar refractivity (Wildman–Crippen MR) is 77.9 cm³/mol. The topological polar surface area (TPSA) is 46.5 Å². The van der Waals surface area contributed by atoms with E-state index in [1.54, 1.807) is 12.1 Å². The molecule has 1 heterocycles. The molecule has 20 heavy (non-hydrogen) atoms. The molecule has 0 spiro atoms. The molecule has 0 aliphatic heterocycles. The molecule has 0 fully saturated rings. The molecule has 0 unspecified atom stereocenters. The number of methoxy groups -OCH3 is 1. The van der Waals surface area contributed by atoms with Crippen LogP contribution in [0.5, 0.6) is 0 Å². The van der Waals surface area contributed by atoms with Crippen LogP contribution in [0.15, 0.2) is 24.3 Å². The van der Waals surface area contributed by atoms with E-state index >= 15 is 0 Å². The average molecular weight is 268 g/mol. The van der Waals surface area contributed by atoms with Crippen LogP contribution < -0.4 is 0 Å². The zero-order valence-corrected chi connectivity index (χ0v) is 11.8. The first kappa shape index (κ1) is 13.9. The van der Waals surface area contributed by atoms with Gasteiger partial charge in [0.2, 0.25) is 0 Å². The number of nitrogens with one attached hydrogen (secondary N) is 1. The van der Waals surface area contributed by atoms with Crippen molar-refractivity contribution >= 4 is 11.7 Å². The third-order valence-electron chi connectivity index (χ3n) is 3.29. The quantitative estimate of drug-likeness (QED) is 0.678. The number of aryl methyl sites for hydroxylation is 2. The van der Waals surface area contributed by atoms with E-state index < -0.39 is 0 Å². The number of benzene rings is 1. The van der Waals surface area contributed by atoms with Crippen LogP contribution in [0, 0.1) is 13.5 Å². The Morgan fingerprint density at radius 2 is 2.00 bits per heavy atom. The summed E-state index contributed by atoms with van der Waals surface area (Å²) in [5.74, 6) is -0.338. The third-order valence-corrected chi connectivity index (χ3v) is 3.29.